The highest BCUT2D eigenvalue weighted by atomic mass is 19.3. The Balaban J connectivity index is 1.77. The molecule has 0 aliphatic carbocycles. The van der Waals surface area contributed by atoms with Crippen molar-refractivity contribution in [1.29, 1.82) is 0 Å². The molecule has 0 aliphatic heterocycles. The lowest BCUT2D eigenvalue weighted by molar-refractivity contribution is 0.0169. The number of carbonyl (C=O) groups excluding carboxylic acids is 1. The van der Waals surface area contributed by atoms with Crippen LogP contribution in [0.3, 0.4) is 0 Å². The van der Waals surface area contributed by atoms with E-state index in [1.807, 2.05) is 13.8 Å². The van der Waals surface area contributed by atoms with Crippen LogP contribution >= 0.6 is 0 Å². The molecule has 2 aromatic heterocycles. The quantitative estimate of drug-likeness (QED) is 0.499. The molecule has 3 aromatic rings. The predicted molar refractivity (Wildman–Crippen MR) is 113 cm³/mol. The lowest BCUT2D eigenvalue weighted by atomic mass is 10.1. The second-order valence-electron chi connectivity index (χ2n) is 7.23. The predicted octanol–water partition coefficient (Wildman–Crippen LogP) is 3.71. The van der Waals surface area contributed by atoms with Crippen molar-refractivity contribution in [1.82, 2.24) is 24.9 Å². The highest BCUT2D eigenvalue weighted by molar-refractivity contribution is 5.98. The molecule has 0 N–H and O–H groups in total. The fraction of sp³-hybridized carbons (Fsp3) is 0.364. The van der Waals surface area contributed by atoms with E-state index in [1.54, 1.807) is 23.1 Å². The number of carbonyl (C=O) groups is 1. The summed E-state index contributed by atoms with van der Waals surface area (Å²) in [6, 6.07) is 7.42. The molecule has 3 rings (SSSR count). The first kappa shape index (κ1) is 23.1. The molecule has 1 atom stereocenters. The first-order valence-electron chi connectivity index (χ1n) is 10.1. The highest BCUT2D eigenvalue weighted by Gasteiger charge is 2.26. The largest absolute Gasteiger partial charge is 0.497 e. The van der Waals surface area contributed by atoms with Crippen molar-refractivity contribution in [2.24, 2.45) is 0 Å². The second-order valence-corrected chi connectivity index (χ2v) is 7.23. The number of amides is 1. The number of aromatic nitrogens is 4. The van der Waals surface area contributed by atoms with Crippen LogP contribution in [0.1, 0.15) is 36.7 Å². The van der Waals surface area contributed by atoms with E-state index >= 15 is 0 Å². The van der Waals surface area contributed by atoms with Crippen LogP contribution in [-0.2, 0) is 5.92 Å². The van der Waals surface area contributed by atoms with Gasteiger partial charge in [-0.25, -0.2) is 13.8 Å². The summed E-state index contributed by atoms with van der Waals surface area (Å²) in [4.78, 5) is 20.4. The molecule has 0 saturated carbocycles. The number of halogens is 2. The molecule has 1 aromatic carbocycles. The minimum Gasteiger partial charge on any atom is -0.497 e. The maximum atomic E-state index is 13.4. The number of likely N-dealkylation sites (N-methyl/N-ethyl adjacent to an activating group) is 1. The highest BCUT2D eigenvalue weighted by Crippen LogP contribution is 2.27. The summed E-state index contributed by atoms with van der Waals surface area (Å²) >= 11 is 0. The minimum atomic E-state index is -2.97. The van der Waals surface area contributed by atoms with Gasteiger partial charge in [0.05, 0.1) is 36.8 Å². The third-order valence-corrected chi connectivity index (χ3v) is 4.92. The van der Waals surface area contributed by atoms with Gasteiger partial charge >= 0.3 is 0 Å². The number of hydrogen-bond donors (Lipinski definition) is 0. The van der Waals surface area contributed by atoms with Gasteiger partial charge in [-0.2, -0.15) is 15.0 Å². The Kier molecular flexibility index (Phi) is 7.01. The second kappa shape index (κ2) is 9.71. The third kappa shape index (κ3) is 5.19. The number of rotatable bonds is 9. The molecule has 0 unspecified atom stereocenters. The van der Waals surface area contributed by atoms with Crippen LogP contribution in [-0.4, -0.2) is 57.1 Å². The number of nitrogens with zero attached hydrogens (tertiary/aromatic N) is 5. The standard InChI is InChI=1S/C22H25F2N5O3/c1-5-28(15(2)14-32-20-9-6-16(13-25-20)22(3,23)24)21(30)18-12-17(31-4)7-8-19(18)29-26-10-11-27-29/h6-13,15H,5,14H2,1-4H3/t15-/m0/s1. The number of methoxy groups -OCH3 is 1. The van der Waals surface area contributed by atoms with E-state index in [4.69, 9.17) is 9.47 Å². The lowest BCUT2D eigenvalue weighted by Gasteiger charge is -2.28. The summed E-state index contributed by atoms with van der Waals surface area (Å²) in [7, 11) is 1.52. The van der Waals surface area contributed by atoms with Crippen LogP contribution < -0.4 is 9.47 Å². The van der Waals surface area contributed by atoms with Crippen LogP contribution in [0.5, 0.6) is 11.6 Å². The first-order chi connectivity index (χ1) is 15.2. The summed E-state index contributed by atoms with van der Waals surface area (Å²) in [5.74, 6) is -2.48. The van der Waals surface area contributed by atoms with Crippen LogP contribution in [0, 0.1) is 0 Å². The summed E-state index contributed by atoms with van der Waals surface area (Å²) in [5.41, 5.74) is 0.702. The number of alkyl halides is 2. The molecule has 0 radical (unpaired) electrons. The van der Waals surface area contributed by atoms with Gasteiger partial charge in [0.15, 0.2) is 0 Å². The van der Waals surface area contributed by atoms with Gasteiger partial charge in [-0.15, -0.1) is 0 Å². The van der Waals surface area contributed by atoms with Gasteiger partial charge in [0.25, 0.3) is 11.8 Å². The van der Waals surface area contributed by atoms with Crippen molar-refractivity contribution in [2.45, 2.75) is 32.7 Å². The first-order valence-corrected chi connectivity index (χ1v) is 10.1. The molecular formula is C22H25F2N5O3. The zero-order valence-corrected chi connectivity index (χ0v) is 18.3. The molecule has 8 nitrogen and oxygen atoms in total. The number of hydrogen-bond acceptors (Lipinski definition) is 6. The van der Waals surface area contributed by atoms with Crippen molar-refractivity contribution in [2.75, 3.05) is 20.3 Å². The molecule has 10 heteroatoms. The van der Waals surface area contributed by atoms with Crippen molar-refractivity contribution in [3.8, 4) is 17.3 Å². The van der Waals surface area contributed by atoms with Gasteiger partial charge in [-0.1, -0.05) is 0 Å². The summed E-state index contributed by atoms with van der Waals surface area (Å²) in [6.45, 7) is 5.05. The monoisotopic (exact) mass is 445 g/mol. The number of benzene rings is 1. The summed E-state index contributed by atoms with van der Waals surface area (Å²) in [5, 5.41) is 8.25. The fourth-order valence-electron chi connectivity index (χ4n) is 3.16. The normalized spacial score (nSPS) is 12.3. The van der Waals surface area contributed by atoms with E-state index in [0.29, 0.717) is 23.5 Å². The topological polar surface area (TPSA) is 82.4 Å². The molecule has 0 spiro atoms. The summed E-state index contributed by atoms with van der Waals surface area (Å²) < 4.78 is 37.6. The average Bonchev–Trinajstić information content (AvgIpc) is 3.32. The van der Waals surface area contributed by atoms with Gasteiger partial charge in [-0.05, 0) is 38.1 Å². The fourth-order valence-corrected chi connectivity index (χ4v) is 3.16. The zero-order valence-electron chi connectivity index (χ0n) is 18.3. The lowest BCUT2D eigenvalue weighted by Crippen LogP contribution is -2.42. The molecule has 170 valence electrons. The van der Waals surface area contributed by atoms with Crippen LogP contribution in [0.4, 0.5) is 8.78 Å². The SMILES string of the molecule is CCN(C(=O)c1cc(OC)ccc1-n1nccn1)[C@@H](C)COc1ccc(C(C)(F)F)cn1. The molecule has 0 saturated heterocycles. The van der Waals surface area contributed by atoms with Gasteiger partial charge in [0.1, 0.15) is 12.4 Å². The van der Waals surface area contributed by atoms with Gasteiger partial charge < -0.3 is 14.4 Å². The van der Waals surface area contributed by atoms with Crippen molar-refractivity contribution in [3.63, 3.8) is 0 Å². The van der Waals surface area contributed by atoms with Gasteiger partial charge in [0, 0.05) is 31.3 Å². The molecule has 2 heterocycles. The van der Waals surface area contributed by atoms with Crippen LogP contribution in [0.15, 0.2) is 48.9 Å². The molecule has 32 heavy (non-hydrogen) atoms. The minimum absolute atomic E-state index is 0.133. The molecular weight excluding hydrogens is 420 g/mol. The maximum absolute atomic E-state index is 13.4. The number of ether oxygens (including phenoxy) is 2. The van der Waals surface area contributed by atoms with E-state index in [9.17, 15) is 13.6 Å². The zero-order chi connectivity index (χ0) is 23.3. The van der Waals surface area contributed by atoms with E-state index < -0.39 is 5.92 Å². The molecule has 0 bridgehead atoms. The third-order valence-electron chi connectivity index (χ3n) is 4.92. The van der Waals surface area contributed by atoms with E-state index in [0.717, 1.165) is 13.1 Å². The average molecular weight is 445 g/mol. The van der Waals surface area contributed by atoms with E-state index in [1.165, 1.54) is 36.4 Å². The van der Waals surface area contributed by atoms with E-state index in [-0.39, 0.29) is 30.0 Å². The Labute approximate surface area is 184 Å². The Bertz CT molecular complexity index is 1040. The van der Waals surface area contributed by atoms with Crippen molar-refractivity contribution in [3.05, 3.63) is 60.0 Å². The van der Waals surface area contributed by atoms with Gasteiger partial charge in [0.2, 0.25) is 5.88 Å². The Morgan fingerprint density at radius 2 is 1.94 bits per heavy atom. The maximum Gasteiger partial charge on any atom is 0.272 e. The van der Waals surface area contributed by atoms with E-state index in [2.05, 4.69) is 15.2 Å². The van der Waals surface area contributed by atoms with Gasteiger partial charge in [-0.3, -0.25) is 4.79 Å². The molecule has 1 amide bonds. The summed E-state index contributed by atoms with van der Waals surface area (Å²) in [6.07, 6.45) is 4.14. The Morgan fingerprint density at radius 1 is 1.22 bits per heavy atom. The van der Waals surface area contributed by atoms with Crippen LogP contribution in [0.25, 0.3) is 5.69 Å². The number of pyridine rings is 1. The molecule has 0 aliphatic rings. The Hall–Kier alpha value is -3.56. The smallest absolute Gasteiger partial charge is 0.272 e. The van der Waals surface area contributed by atoms with Crippen molar-refractivity contribution >= 4 is 5.91 Å². The Morgan fingerprint density at radius 3 is 2.50 bits per heavy atom. The molecule has 0 fully saturated rings. The van der Waals surface area contributed by atoms with Crippen molar-refractivity contribution < 1.29 is 23.0 Å². The van der Waals surface area contributed by atoms with Crippen LogP contribution in [0.2, 0.25) is 0 Å².